The second-order valence-electron chi connectivity index (χ2n) is 7.27. The highest BCUT2D eigenvalue weighted by Gasteiger charge is 2.44. The minimum Gasteiger partial charge on any atom is -0.368 e. The zero-order valence-electron chi connectivity index (χ0n) is 13.1. The first kappa shape index (κ1) is 15.3. The van der Waals surface area contributed by atoms with Gasteiger partial charge in [0.15, 0.2) is 0 Å². The molecule has 0 bridgehead atoms. The van der Waals surface area contributed by atoms with Crippen LogP contribution in [0.2, 0.25) is 0 Å². The molecule has 0 radical (unpaired) electrons. The lowest BCUT2D eigenvalue weighted by Gasteiger charge is -2.29. The molecule has 120 valence electrons. The van der Waals surface area contributed by atoms with E-state index in [4.69, 9.17) is 11.5 Å². The zero-order chi connectivity index (χ0) is 14.9. The number of amides is 1. The highest BCUT2D eigenvalue weighted by Crippen LogP contribution is 2.36. The average molecular weight is 294 g/mol. The Kier molecular flexibility index (Phi) is 4.52. The van der Waals surface area contributed by atoms with Crippen molar-refractivity contribution in [2.75, 3.05) is 32.7 Å². The Bertz CT molecular complexity index is 382. The summed E-state index contributed by atoms with van der Waals surface area (Å²) in [5.74, 6) is -0.0257. The molecule has 0 spiro atoms. The number of carbonyl (C=O) groups excluding carboxylic acids is 1. The summed E-state index contributed by atoms with van der Waals surface area (Å²) in [6.07, 6.45) is 7.92. The highest BCUT2D eigenvalue weighted by atomic mass is 16.1. The first-order valence-electron chi connectivity index (χ1n) is 8.65. The van der Waals surface area contributed by atoms with Crippen molar-refractivity contribution < 1.29 is 4.79 Å². The van der Waals surface area contributed by atoms with Crippen molar-refractivity contribution in [1.82, 2.24) is 9.80 Å². The predicted molar refractivity (Wildman–Crippen MR) is 83.7 cm³/mol. The summed E-state index contributed by atoms with van der Waals surface area (Å²) in [6, 6.07) is 0.759. The fourth-order valence-electron chi connectivity index (χ4n) is 4.59. The SMILES string of the molecule is NC(=O)C1(N)CCCC1CCN1CCC(N2CCCC2)C1. The van der Waals surface area contributed by atoms with Gasteiger partial charge in [-0.05, 0) is 70.6 Å². The Hall–Kier alpha value is -0.650. The highest BCUT2D eigenvalue weighted by molar-refractivity contribution is 5.85. The van der Waals surface area contributed by atoms with Crippen LogP contribution in [0, 0.1) is 5.92 Å². The molecule has 1 saturated carbocycles. The molecule has 0 aromatic heterocycles. The number of hydrogen-bond donors (Lipinski definition) is 2. The standard InChI is InChI=1S/C16H30N4O/c17-15(21)16(18)7-3-4-13(16)5-10-19-11-6-14(12-19)20-8-1-2-9-20/h13-14H,1-12,18H2,(H2,17,21). The fraction of sp³-hybridized carbons (Fsp3) is 0.938. The van der Waals surface area contributed by atoms with Gasteiger partial charge in [0.2, 0.25) is 5.91 Å². The number of nitrogens with zero attached hydrogens (tertiary/aromatic N) is 2. The van der Waals surface area contributed by atoms with Gasteiger partial charge in [-0.25, -0.2) is 0 Å². The number of likely N-dealkylation sites (tertiary alicyclic amines) is 2. The number of nitrogens with two attached hydrogens (primary N) is 2. The molecule has 3 fully saturated rings. The lowest BCUT2D eigenvalue weighted by Crippen LogP contribution is -2.55. The van der Waals surface area contributed by atoms with Crippen LogP contribution in [0.25, 0.3) is 0 Å². The largest absolute Gasteiger partial charge is 0.368 e. The van der Waals surface area contributed by atoms with E-state index in [2.05, 4.69) is 9.80 Å². The third-order valence-corrected chi connectivity index (χ3v) is 6.03. The van der Waals surface area contributed by atoms with Gasteiger partial charge in [0.05, 0.1) is 5.54 Å². The maximum Gasteiger partial charge on any atom is 0.237 e. The molecule has 4 N–H and O–H groups in total. The van der Waals surface area contributed by atoms with Crippen LogP contribution >= 0.6 is 0 Å². The van der Waals surface area contributed by atoms with Gasteiger partial charge in [0, 0.05) is 12.6 Å². The van der Waals surface area contributed by atoms with Crippen LogP contribution < -0.4 is 11.5 Å². The molecule has 0 aromatic rings. The van der Waals surface area contributed by atoms with Crippen LogP contribution in [0.15, 0.2) is 0 Å². The molecule has 3 atom stereocenters. The zero-order valence-corrected chi connectivity index (χ0v) is 13.1. The number of hydrogen-bond acceptors (Lipinski definition) is 4. The molecule has 3 rings (SSSR count). The summed E-state index contributed by atoms with van der Waals surface area (Å²) < 4.78 is 0. The van der Waals surface area contributed by atoms with E-state index >= 15 is 0 Å². The minimum absolute atomic E-state index is 0.279. The quantitative estimate of drug-likeness (QED) is 0.775. The maximum absolute atomic E-state index is 11.6. The van der Waals surface area contributed by atoms with Crippen LogP contribution in [-0.4, -0.2) is 60.0 Å². The maximum atomic E-state index is 11.6. The molecular weight excluding hydrogens is 264 g/mol. The van der Waals surface area contributed by atoms with Crippen molar-refractivity contribution in [1.29, 1.82) is 0 Å². The van der Waals surface area contributed by atoms with E-state index in [1.807, 2.05) is 0 Å². The van der Waals surface area contributed by atoms with Crippen molar-refractivity contribution >= 4 is 5.91 Å². The second-order valence-corrected chi connectivity index (χ2v) is 7.27. The summed E-state index contributed by atoms with van der Waals surface area (Å²) in [6.45, 7) is 6.04. The number of primary amides is 1. The average Bonchev–Trinajstić information content (AvgIpc) is 3.17. The molecule has 2 saturated heterocycles. The topological polar surface area (TPSA) is 75.6 Å². The molecule has 1 aliphatic carbocycles. The summed E-state index contributed by atoms with van der Waals surface area (Å²) in [5, 5.41) is 0. The Morgan fingerprint density at radius 3 is 2.62 bits per heavy atom. The summed E-state index contributed by atoms with van der Waals surface area (Å²) >= 11 is 0. The van der Waals surface area contributed by atoms with E-state index in [1.54, 1.807) is 0 Å². The van der Waals surface area contributed by atoms with E-state index in [9.17, 15) is 4.79 Å². The first-order chi connectivity index (χ1) is 10.1. The summed E-state index contributed by atoms with van der Waals surface area (Å²) in [5.41, 5.74) is 11.0. The Balaban J connectivity index is 1.46. The Morgan fingerprint density at radius 1 is 1.14 bits per heavy atom. The van der Waals surface area contributed by atoms with Crippen molar-refractivity contribution in [3.05, 3.63) is 0 Å². The lowest BCUT2D eigenvalue weighted by molar-refractivity contribution is -0.124. The van der Waals surface area contributed by atoms with E-state index in [-0.39, 0.29) is 11.8 Å². The molecule has 0 aromatic carbocycles. The van der Waals surface area contributed by atoms with Gasteiger partial charge >= 0.3 is 0 Å². The van der Waals surface area contributed by atoms with Crippen LogP contribution in [0.5, 0.6) is 0 Å². The number of rotatable bonds is 5. The van der Waals surface area contributed by atoms with E-state index in [1.165, 1.54) is 45.4 Å². The first-order valence-corrected chi connectivity index (χ1v) is 8.65. The molecule has 21 heavy (non-hydrogen) atoms. The number of carbonyl (C=O) groups is 1. The third kappa shape index (κ3) is 3.10. The smallest absolute Gasteiger partial charge is 0.237 e. The molecule has 3 aliphatic rings. The molecule has 3 unspecified atom stereocenters. The van der Waals surface area contributed by atoms with Gasteiger partial charge in [-0.2, -0.15) is 0 Å². The van der Waals surface area contributed by atoms with Crippen molar-refractivity contribution in [2.45, 2.75) is 56.5 Å². The van der Waals surface area contributed by atoms with Crippen LogP contribution in [0.1, 0.15) is 44.9 Å². The van der Waals surface area contributed by atoms with Gasteiger partial charge in [0.25, 0.3) is 0 Å². The molecule has 5 nitrogen and oxygen atoms in total. The van der Waals surface area contributed by atoms with Gasteiger partial charge < -0.3 is 16.4 Å². The molecular formula is C16H30N4O. The molecule has 5 heteroatoms. The van der Waals surface area contributed by atoms with E-state index in [0.717, 1.165) is 38.3 Å². The minimum atomic E-state index is -0.742. The lowest BCUT2D eigenvalue weighted by atomic mass is 9.85. The van der Waals surface area contributed by atoms with Crippen LogP contribution in [-0.2, 0) is 4.79 Å². The Labute approximate surface area is 128 Å². The summed E-state index contributed by atoms with van der Waals surface area (Å²) in [7, 11) is 0. The van der Waals surface area contributed by atoms with Crippen molar-refractivity contribution in [3.63, 3.8) is 0 Å². The van der Waals surface area contributed by atoms with Gasteiger partial charge in [-0.1, -0.05) is 6.42 Å². The van der Waals surface area contributed by atoms with Crippen molar-refractivity contribution in [2.24, 2.45) is 17.4 Å². The van der Waals surface area contributed by atoms with Gasteiger partial charge in [-0.15, -0.1) is 0 Å². The van der Waals surface area contributed by atoms with Crippen LogP contribution in [0.3, 0.4) is 0 Å². The van der Waals surface area contributed by atoms with Crippen molar-refractivity contribution in [3.8, 4) is 0 Å². The predicted octanol–water partition coefficient (Wildman–Crippen LogP) is 0.530. The molecule has 2 aliphatic heterocycles. The normalized spacial score (nSPS) is 38.3. The summed E-state index contributed by atoms with van der Waals surface area (Å²) in [4.78, 5) is 16.9. The molecule has 1 amide bonds. The second kappa shape index (κ2) is 6.23. The Morgan fingerprint density at radius 2 is 1.90 bits per heavy atom. The van der Waals surface area contributed by atoms with Gasteiger partial charge in [-0.3, -0.25) is 9.69 Å². The monoisotopic (exact) mass is 294 g/mol. The van der Waals surface area contributed by atoms with E-state index in [0.29, 0.717) is 0 Å². The fourth-order valence-corrected chi connectivity index (χ4v) is 4.59. The van der Waals surface area contributed by atoms with E-state index < -0.39 is 5.54 Å². The van der Waals surface area contributed by atoms with Crippen LogP contribution in [0.4, 0.5) is 0 Å². The van der Waals surface area contributed by atoms with Gasteiger partial charge in [0.1, 0.15) is 0 Å². The molecule has 2 heterocycles. The third-order valence-electron chi connectivity index (χ3n) is 6.03.